The smallest absolute Gasteiger partial charge is 0.119 e. The molecule has 1 aliphatic rings. The van der Waals surface area contributed by atoms with Gasteiger partial charge in [0, 0.05) is 19.1 Å². The SMILES string of the molecule is NC1CCN(CC(O)COc2ccccc2)C1. The summed E-state index contributed by atoms with van der Waals surface area (Å²) in [7, 11) is 0. The van der Waals surface area contributed by atoms with Gasteiger partial charge in [-0.05, 0) is 25.1 Å². The van der Waals surface area contributed by atoms with Crippen molar-refractivity contribution in [3.8, 4) is 5.75 Å². The first-order valence-corrected chi connectivity index (χ1v) is 6.08. The van der Waals surface area contributed by atoms with Gasteiger partial charge < -0.3 is 15.6 Å². The van der Waals surface area contributed by atoms with Gasteiger partial charge in [-0.15, -0.1) is 0 Å². The molecule has 1 aromatic carbocycles. The zero-order valence-corrected chi connectivity index (χ0v) is 9.96. The van der Waals surface area contributed by atoms with Crippen molar-refractivity contribution in [3.63, 3.8) is 0 Å². The van der Waals surface area contributed by atoms with Crippen LogP contribution in [0, 0.1) is 0 Å². The molecule has 2 atom stereocenters. The minimum absolute atomic E-state index is 0.261. The average molecular weight is 236 g/mol. The van der Waals surface area contributed by atoms with Crippen LogP contribution in [0.15, 0.2) is 30.3 Å². The molecule has 0 aromatic heterocycles. The molecule has 1 heterocycles. The lowest BCUT2D eigenvalue weighted by atomic mass is 10.3. The number of aliphatic hydroxyl groups is 1. The van der Waals surface area contributed by atoms with Crippen molar-refractivity contribution >= 4 is 0 Å². The zero-order valence-electron chi connectivity index (χ0n) is 9.96. The highest BCUT2D eigenvalue weighted by atomic mass is 16.5. The molecule has 1 saturated heterocycles. The second-order valence-corrected chi connectivity index (χ2v) is 4.59. The van der Waals surface area contributed by atoms with Crippen LogP contribution in [0.3, 0.4) is 0 Å². The van der Waals surface area contributed by atoms with Gasteiger partial charge in [0.25, 0.3) is 0 Å². The van der Waals surface area contributed by atoms with Crippen LogP contribution < -0.4 is 10.5 Å². The third-order valence-electron chi connectivity index (χ3n) is 2.96. The molecule has 1 fully saturated rings. The number of ether oxygens (including phenoxy) is 1. The lowest BCUT2D eigenvalue weighted by molar-refractivity contribution is 0.0755. The number of benzene rings is 1. The van der Waals surface area contributed by atoms with E-state index in [1.807, 2.05) is 30.3 Å². The molecule has 17 heavy (non-hydrogen) atoms. The third kappa shape index (κ3) is 4.00. The molecule has 0 radical (unpaired) electrons. The third-order valence-corrected chi connectivity index (χ3v) is 2.96. The minimum Gasteiger partial charge on any atom is -0.491 e. The normalized spacial score (nSPS) is 22.6. The van der Waals surface area contributed by atoms with Crippen LogP contribution in [-0.2, 0) is 0 Å². The molecule has 0 amide bonds. The molecule has 3 N–H and O–H groups in total. The molecule has 4 nitrogen and oxygen atoms in total. The Balaban J connectivity index is 1.69. The maximum Gasteiger partial charge on any atom is 0.119 e. The van der Waals surface area contributed by atoms with Crippen LogP contribution in [-0.4, -0.2) is 48.4 Å². The summed E-state index contributed by atoms with van der Waals surface area (Å²) < 4.78 is 5.50. The number of hydrogen-bond acceptors (Lipinski definition) is 4. The van der Waals surface area contributed by atoms with E-state index < -0.39 is 6.10 Å². The molecule has 0 bridgehead atoms. The summed E-state index contributed by atoms with van der Waals surface area (Å²) in [6, 6.07) is 9.81. The number of nitrogens with two attached hydrogens (primary N) is 1. The highest BCUT2D eigenvalue weighted by Gasteiger charge is 2.21. The summed E-state index contributed by atoms with van der Waals surface area (Å²) in [4.78, 5) is 2.18. The van der Waals surface area contributed by atoms with Crippen molar-refractivity contribution in [2.24, 2.45) is 5.73 Å². The van der Waals surface area contributed by atoms with E-state index >= 15 is 0 Å². The number of likely N-dealkylation sites (tertiary alicyclic amines) is 1. The van der Waals surface area contributed by atoms with Crippen LogP contribution in [0.4, 0.5) is 0 Å². The van der Waals surface area contributed by atoms with Crippen molar-refractivity contribution in [2.45, 2.75) is 18.6 Å². The summed E-state index contributed by atoms with van der Waals surface area (Å²) in [6.45, 7) is 2.82. The van der Waals surface area contributed by atoms with E-state index in [9.17, 15) is 5.11 Å². The summed E-state index contributed by atoms with van der Waals surface area (Å²) in [6.07, 6.45) is 0.562. The molecular formula is C13H20N2O2. The Kier molecular flexibility index (Phi) is 4.36. The number of nitrogens with zero attached hydrogens (tertiary/aromatic N) is 1. The molecule has 0 saturated carbocycles. The highest BCUT2D eigenvalue weighted by molar-refractivity contribution is 5.20. The fourth-order valence-electron chi connectivity index (χ4n) is 2.09. The predicted molar refractivity (Wildman–Crippen MR) is 67.0 cm³/mol. The Morgan fingerprint density at radius 1 is 1.41 bits per heavy atom. The van der Waals surface area contributed by atoms with Gasteiger partial charge >= 0.3 is 0 Å². The average Bonchev–Trinajstić information content (AvgIpc) is 2.73. The van der Waals surface area contributed by atoms with E-state index in [1.165, 1.54) is 0 Å². The Labute approximate surface area is 102 Å². The van der Waals surface area contributed by atoms with Gasteiger partial charge in [-0.2, -0.15) is 0 Å². The molecule has 2 unspecified atom stereocenters. The fraction of sp³-hybridized carbons (Fsp3) is 0.538. The number of para-hydroxylation sites is 1. The van der Waals surface area contributed by atoms with Crippen LogP contribution in [0.5, 0.6) is 5.75 Å². The molecule has 1 aliphatic heterocycles. The van der Waals surface area contributed by atoms with Gasteiger partial charge in [0.1, 0.15) is 18.5 Å². The minimum atomic E-state index is -0.458. The molecule has 2 rings (SSSR count). The Bertz CT molecular complexity index is 331. The quantitative estimate of drug-likeness (QED) is 0.780. The highest BCUT2D eigenvalue weighted by Crippen LogP contribution is 2.10. The van der Waals surface area contributed by atoms with Crippen molar-refractivity contribution in [3.05, 3.63) is 30.3 Å². The maximum atomic E-state index is 9.85. The van der Waals surface area contributed by atoms with Crippen LogP contribution in [0.1, 0.15) is 6.42 Å². The summed E-state index contributed by atoms with van der Waals surface area (Å²) >= 11 is 0. The van der Waals surface area contributed by atoms with Gasteiger partial charge in [-0.3, -0.25) is 4.90 Å². The molecular weight excluding hydrogens is 216 g/mol. The molecule has 0 aliphatic carbocycles. The molecule has 0 spiro atoms. The van der Waals surface area contributed by atoms with Gasteiger partial charge in [0.15, 0.2) is 0 Å². The molecule has 4 heteroatoms. The fourth-order valence-corrected chi connectivity index (χ4v) is 2.09. The number of hydrogen-bond donors (Lipinski definition) is 2. The largest absolute Gasteiger partial charge is 0.491 e. The lowest BCUT2D eigenvalue weighted by Crippen LogP contribution is -2.35. The summed E-state index contributed by atoms with van der Waals surface area (Å²) in [5.74, 6) is 0.796. The van der Waals surface area contributed by atoms with Crippen molar-refractivity contribution in [1.29, 1.82) is 0 Å². The van der Waals surface area contributed by atoms with E-state index in [-0.39, 0.29) is 6.04 Å². The maximum absolute atomic E-state index is 9.85. The van der Waals surface area contributed by atoms with Gasteiger partial charge in [-0.1, -0.05) is 18.2 Å². The Morgan fingerprint density at radius 2 is 2.18 bits per heavy atom. The molecule has 94 valence electrons. The zero-order chi connectivity index (χ0) is 12.1. The monoisotopic (exact) mass is 236 g/mol. The second kappa shape index (κ2) is 6.00. The van der Waals surface area contributed by atoms with Gasteiger partial charge in [0.05, 0.1) is 0 Å². The van der Waals surface area contributed by atoms with Crippen LogP contribution in [0.2, 0.25) is 0 Å². The van der Waals surface area contributed by atoms with E-state index in [2.05, 4.69) is 4.90 Å². The predicted octanol–water partition coefficient (Wildman–Crippen LogP) is 0.459. The lowest BCUT2D eigenvalue weighted by Gasteiger charge is -2.19. The first-order valence-electron chi connectivity index (χ1n) is 6.08. The summed E-state index contributed by atoms with van der Waals surface area (Å²) in [5.41, 5.74) is 5.81. The van der Waals surface area contributed by atoms with Crippen molar-refractivity contribution in [2.75, 3.05) is 26.2 Å². The van der Waals surface area contributed by atoms with Crippen molar-refractivity contribution < 1.29 is 9.84 Å². The Morgan fingerprint density at radius 3 is 2.82 bits per heavy atom. The first kappa shape index (κ1) is 12.4. The van der Waals surface area contributed by atoms with Crippen molar-refractivity contribution in [1.82, 2.24) is 4.90 Å². The number of rotatable bonds is 5. The first-order chi connectivity index (χ1) is 8.24. The van der Waals surface area contributed by atoms with Gasteiger partial charge in [-0.25, -0.2) is 0 Å². The van der Waals surface area contributed by atoms with Crippen LogP contribution in [0.25, 0.3) is 0 Å². The van der Waals surface area contributed by atoms with Gasteiger partial charge in [0.2, 0.25) is 0 Å². The number of β-amino-alcohol motifs (C(OH)–C–C–N with tert-alkyl or cyclic N) is 1. The topological polar surface area (TPSA) is 58.7 Å². The van der Waals surface area contributed by atoms with E-state index in [0.717, 1.165) is 25.3 Å². The van der Waals surface area contributed by atoms with E-state index in [4.69, 9.17) is 10.5 Å². The molecule has 1 aromatic rings. The van der Waals surface area contributed by atoms with E-state index in [1.54, 1.807) is 0 Å². The van der Waals surface area contributed by atoms with E-state index in [0.29, 0.717) is 13.2 Å². The second-order valence-electron chi connectivity index (χ2n) is 4.59. The summed E-state index contributed by atoms with van der Waals surface area (Å²) in [5, 5.41) is 9.85. The van der Waals surface area contributed by atoms with Crippen LogP contribution >= 0.6 is 0 Å². The Hall–Kier alpha value is -1.10. The standard InChI is InChI=1S/C13H20N2O2/c14-11-6-7-15(8-11)9-12(16)10-17-13-4-2-1-3-5-13/h1-5,11-12,16H,6-10,14H2. The number of aliphatic hydroxyl groups excluding tert-OH is 1.